The molecule has 0 fully saturated rings. The minimum absolute atomic E-state index is 0.141. The van der Waals surface area contributed by atoms with Crippen LogP contribution in [0.4, 0.5) is 0 Å². The van der Waals surface area contributed by atoms with Crippen LogP contribution in [0.3, 0.4) is 0 Å². The predicted octanol–water partition coefficient (Wildman–Crippen LogP) is 1.47. The summed E-state index contributed by atoms with van der Waals surface area (Å²) in [7, 11) is -1.73. The molecule has 0 aliphatic rings. The summed E-state index contributed by atoms with van der Waals surface area (Å²) in [6.07, 6.45) is -0.254. The quantitative estimate of drug-likeness (QED) is 0.170. The van der Waals surface area contributed by atoms with E-state index in [0.29, 0.717) is 5.56 Å². The Labute approximate surface area is 246 Å². The fourth-order valence-corrected chi connectivity index (χ4v) is 4.25. The molecule has 0 bridgehead atoms. The van der Waals surface area contributed by atoms with Gasteiger partial charge in [0.05, 0.1) is 6.44 Å². The van der Waals surface area contributed by atoms with Gasteiger partial charge in [0, 0.05) is 12.0 Å². The van der Waals surface area contributed by atoms with Gasteiger partial charge in [-0.2, -0.15) is 0 Å². The smallest absolute Gasteiger partial charge is 0.426 e. The molecule has 0 heterocycles. The molecule has 3 aromatic carbocycles. The van der Waals surface area contributed by atoms with E-state index in [9.17, 15) is 19.2 Å². The highest BCUT2D eigenvalue weighted by Gasteiger charge is 2.30. The van der Waals surface area contributed by atoms with Crippen LogP contribution in [0.15, 0.2) is 84.9 Å². The summed E-state index contributed by atoms with van der Waals surface area (Å²) in [6.45, 7) is 5.02. The zero-order valence-electron chi connectivity index (χ0n) is 23.9. The van der Waals surface area contributed by atoms with E-state index in [2.05, 4.69) is 21.3 Å². The number of carbonyl (C=O) groups excluding carboxylic acids is 4. The molecule has 0 aliphatic heterocycles. The number of amides is 4. The number of benzene rings is 3. The predicted molar refractivity (Wildman–Crippen MR) is 161 cm³/mol. The summed E-state index contributed by atoms with van der Waals surface area (Å²) >= 11 is 0. The Morgan fingerprint density at radius 2 is 1.26 bits per heavy atom. The van der Waals surface area contributed by atoms with E-state index >= 15 is 0 Å². The highest BCUT2D eigenvalue weighted by molar-refractivity contribution is 6.41. The molecule has 0 saturated heterocycles. The lowest BCUT2D eigenvalue weighted by Gasteiger charge is -2.26. The minimum atomic E-state index is -1.73. The maximum Gasteiger partial charge on any atom is 0.472 e. The summed E-state index contributed by atoms with van der Waals surface area (Å²) < 4.78 is 0. The Morgan fingerprint density at radius 1 is 0.690 bits per heavy atom. The molecule has 10 nitrogen and oxygen atoms in total. The Bertz CT molecular complexity index is 1340. The molecule has 11 heteroatoms. The van der Waals surface area contributed by atoms with Crippen molar-refractivity contribution in [1.82, 2.24) is 21.3 Å². The van der Waals surface area contributed by atoms with Crippen molar-refractivity contribution < 1.29 is 29.2 Å². The third-order valence-corrected chi connectivity index (χ3v) is 6.62. The first-order chi connectivity index (χ1) is 20.0. The van der Waals surface area contributed by atoms with Crippen LogP contribution in [0.2, 0.25) is 0 Å². The van der Waals surface area contributed by atoms with Gasteiger partial charge in [-0.25, -0.2) is 0 Å². The third-order valence-electron chi connectivity index (χ3n) is 6.62. The lowest BCUT2D eigenvalue weighted by Crippen LogP contribution is -2.58. The van der Waals surface area contributed by atoms with Gasteiger partial charge in [0.15, 0.2) is 0 Å². The van der Waals surface area contributed by atoms with E-state index in [4.69, 9.17) is 10.0 Å². The van der Waals surface area contributed by atoms with Gasteiger partial charge in [0.1, 0.15) is 18.1 Å². The molecule has 3 atom stereocenters. The van der Waals surface area contributed by atoms with E-state index in [1.54, 1.807) is 26.0 Å². The Hall–Kier alpha value is -4.48. The molecule has 0 spiro atoms. The van der Waals surface area contributed by atoms with Gasteiger partial charge in [-0.3, -0.25) is 19.2 Å². The van der Waals surface area contributed by atoms with Crippen molar-refractivity contribution in [2.75, 3.05) is 6.44 Å². The SMILES string of the molecule is CC(NC(=O)C(Cc1ccccc1)NC(=O)C(NC(=O)c1ccc(-c2ccccc2)cc1)C(C)C)C(=O)NCB(O)O. The second-order valence-electron chi connectivity index (χ2n) is 10.3. The molecule has 4 amide bonds. The maximum atomic E-state index is 13.5. The fourth-order valence-electron chi connectivity index (χ4n) is 4.25. The summed E-state index contributed by atoms with van der Waals surface area (Å²) in [6, 6.07) is 22.9. The summed E-state index contributed by atoms with van der Waals surface area (Å²) in [5, 5.41) is 28.4. The first-order valence-corrected chi connectivity index (χ1v) is 13.8. The lowest BCUT2D eigenvalue weighted by atomic mass is 9.92. The normalized spacial score (nSPS) is 12.9. The number of hydrogen-bond acceptors (Lipinski definition) is 6. The summed E-state index contributed by atoms with van der Waals surface area (Å²) in [5.74, 6) is -2.50. The first-order valence-electron chi connectivity index (χ1n) is 13.8. The van der Waals surface area contributed by atoms with Crippen molar-refractivity contribution in [3.05, 3.63) is 96.1 Å². The summed E-state index contributed by atoms with van der Waals surface area (Å²) in [4.78, 5) is 52.0. The van der Waals surface area contributed by atoms with Gasteiger partial charge >= 0.3 is 7.12 Å². The topological polar surface area (TPSA) is 157 Å². The van der Waals surface area contributed by atoms with Crippen LogP contribution >= 0.6 is 0 Å². The third kappa shape index (κ3) is 9.57. The highest BCUT2D eigenvalue weighted by Crippen LogP contribution is 2.19. The largest absolute Gasteiger partial charge is 0.472 e. The molecule has 0 saturated carbocycles. The van der Waals surface area contributed by atoms with Gasteiger partial charge in [-0.1, -0.05) is 86.6 Å². The van der Waals surface area contributed by atoms with Crippen molar-refractivity contribution in [2.45, 2.75) is 45.3 Å². The molecule has 0 aliphatic carbocycles. The van der Waals surface area contributed by atoms with Crippen LogP contribution in [0.25, 0.3) is 11.1 Å². The zero-order chi connectivity index (χ0) is 30.6. The Kier molecular flexibility index (Phi) is 11.8. The van der Waals surface area contributed by atoms with Crippen LogP contribution in [-0.4, -0.2) is 65.4 Å². The van der Waals surface area contributed by atoms with Crippen molar-refractivity contribution in [3.8, 4) is 11.1 Å². The van der Waals surface area contributed by atoms with Gasteiger partial charge in [-0.05, 0) is 41.7 Å². The standard InChI is InChI=1S/C31H37BN4O6/c1-20(2)27(36-29(38)25-16-14-24(15-17-25)23-12-8-5-9-13-23)31(40)35-26(18-22-10-6-4-7-11-22)30(39)34-21(3)28(37)33-19-32(41)42/h4-17,20-21,26-27,41-42H,18-19H2,1-3H3,(H,33,37)(H,34,39)(H,35,40)(H,36,38). The molecular formula is C31H37BN4O6. The highest BCUT2D eigenvalue weighted by atomic mass is 16.4. The molecular weight excluding hydrogens is 535 g/mol. The van der Waals surface area contributed by atoms with Crippen molar-refractivity contribution in [1.29, 1.82) is 0 Å². The van der Waals surface area contributed by atoms with E-state index in [1.165, 1.54) is 6.92 Å². The molecule has 220 valence electrons. The summed E-state index contributed by atoms with van der Waals surface area (Å²) in [5.41, 5.74) is 3.14. The van der Waals surface area contributed by atoms with E-state index in [0.717, 1.165) is 16.7 Å². The zero-order valence-corrected chi connectivity index (χ0v) is 23.9. The van der Waals surface area contributed by atoms with Crippen LogP contribution in [0.1, 0.15) is 36.7 Å². The van der Waals surface area contributed by atoms with Crippen LogP contribution in [0, 0.1) is 5.92 Å². The van der Waals surface area contributed by atoms with Crippen LogP contribution in [-0.2, 0) is 20.8 Å². The van der Waals surface area contributed by atoms with Crippen molar-refractivity contribution in [3.63, 3.8) is 0 Å². The lowest BCUT2D eigenvalue weighted by molar-refractivity contribution is -0.132. The van der Waals surface area contributed by atoms with Gasteiger partial charge in [0.25, 0.3) is 5.91 Å². The Balaban J connectivity index is 1.72. The van der Waals surface area contributed by atoms with E-state index in [1.807, 2.05) is 72.8 Å². The molecule has 0 radical (unpaired) electrons. The fraction of sp³-hybridized carbons (Fsp3) is 0.290. The van der Waals surface area contributed by atoms with E-state index < -0.39 is 55.3 Å². The van der Waals surface area contributed by atoms with Gasteiger partial charge in [0.2, 0.25) is 17.7 Å². The second kappa shape index (κ2) is 15.5. The second-order valence-corrected chi connectivity index (χ2v) is 10.3. The van der Waals surface area contributed by atoms with Gasteiger partial charge in [-0.15, -0.1) is 0 Å². The van der Waals surface area contributed by atoms with Crippen molar-refractivity contribution >= 4 is 30.7 Å². The number of carbonyl (C=O) groups is 4. The van der Waals surface area contributed by atoms with Crippen molar-refractivity contribution in [2.24, 2.45) is 5.92 Å². The molecule has 0 aromatic heterocycles. The molecule has 3 rings (SSSR count). The molecule has 42 heavy (non-hydrogen) atoms. The molecule has 3 unspecified atom stereocenters. The average molecular weight is 572 g/mol. The molecule has 3 aromatic rings. The number of rotatable bonds is 13. The Morgan fingerprint density at radius 3 is 1.83 bits per heavy atom. The first kappa shape index (κ1) is 32.0. The number of nitrogens with one attached hydrogen (secondary N) is 4. The van der Waals surface area contributed by atoms with Crippen LogP contribution in [0.5, 0.6) is 0 Å². The number of hydrogen-bond donors (Lipinski definition) is 6. The minimum Gasteiger partial charge on any atom is -0.426 e. The monoisotopic (exact) mass is 572 g/mol. The van der Waals surface area contributed by atoms with E-state index in [-0.39, 0.29) is 12.3 Å². The van der Waals surface area contributed by atoms with Crippen LogP contribution < -0.4 is 21.3 Å². The maximum absolute atomic E-state index is 13.5. The molecule has 6 N–H and O–H groups in total. The van der Waals surface area contributed by atoms with Gasteiger partial charge < -0.3 is 31.3 Å². The average Bonchev–Trinajstić information content (AvgIpc) is 2.98.